The average Bonchev–Trinajstić information content (AvgIpc) is 3.22. The molecule has 6 heteroatoms. The van der Waals surface area contributed by atoms with Crippen molar-refractivity contribution >= 4 is 17.2 Å². The highest BCUT2D eigenvalue weighted by Crippen LogP contribution is 2.27. The number of methoxy groups -OCH3 is 1. The molecular weight excluding hydrogens is 322 g/mol. The molecule has 0 spiro atoms. The topological polar surface area (TPSA) is 56.1 Å². The van der Waals surface area contributed by atoms with Crippen LogP contribution in [-0.4, -0.2) is 22.6 Å². The van der Waals surface area contributed by atoms with Crippen LogP contribution in [0.25, 0.3) is 0 Å². The molecule has 2 aromatic heterocycles. The summed E-state index contributed by atoms with van der Waals surface area (Å²) in [4.78, 5) is 17.7. The number of aryl methyl sites for hydroxylation is 2. The van der Waals surface area contributed by atoms with E-state index in [1.807, 2.05) is 54.4 Å². The number of carbonyl (C=O) groups is 1. The second-order valence-corrected chi connectivity index (χ2v) is 6.45. The van der Waals surface area contributed by atoms with Gasteiger partial charge in [-0.15, -0.1) is 11.3 Å². The van der Waals surface area contributed by atoms with E-state index in [1.165, 1.54) is 16.9 Å². The number of benzene rings is 1. The molecule has 3 aromatic rings. The monoisotopic (exact) mass is 341 g/mol. The van der Waals surface area contributed by atoms with Gasteiger partial charge in [-0.2, -0.15) is 0 Å². The van der Waals surface area contributed by atoms with Crippen molar-refractivity contribution in [3.63, 3.8) is 0 Å². The van der Waals surface area contributed by atoms with Gasteiger partial charge in [-0.05, 0) is 23.9 Å². The predicted octanol–water partition coefficient (Wildman–Crippen LogP) is 3.32. The summed E-state index contributed by atoms with van der Waals surface area (Å²) in [6, 6.07) is 9.55. The number of nitrogens with one attached hydrogen (secondary N) is 1. The van der Waals surface area contributed by atoms with Gasteiger partial charge in [0.15, 0.2) is 0 Å². The van der Waals surface area contributed by atoms with Crippen molar-refractivity contribution in [2.24, 2.45) is 7.05 Å². The molecule has 1 aromatic carbocycles. The smallest absolute Gasteiger partial charge is 0.266 e. The third kappa shape index (κ3) is 3.19. The van der Waals surface area contributed by atoms with Crippen molar-refractivity contribution in [2.45, 2.75) is 13.0 Å². The molecule has 0 fully saturated rings. The third-order valence-electron chi connectivity index (χ3n) is 3.86. The minimum absolute atomic E-state index is 0.171. The van der Waals surface area contributed by atoms with Gasteiger partial charge in [0.2, 0.25) is 0 Å². The van der Waals surface area contributed by atoms with E-state index in [4.69, 9.17) is 4.74 Å². The fourth-order valence-electron chi connectivity index (χ4n) is 2.53. The van der Waals surface area contributed by atoms with Crippen molar-refractivity contribution in [3.05, 3.63) is 69.9 Å². The van der Waals surface area contributed by atoms with Crippen LogP contribution < -0.4 is 10.1 Å². The number of amides is 1. The molecule has 124 valence electrons. The largest absolute Gasteiger partial charge is 0.495 e. The number of imidazole rings is 1. The Morgan fingerprint density at radius 3 is 2.67 bits per heavy atom. The molecule has 1 unspecified atom stereocenters. The highest BCUT2D eigenvalue weighted by Gasteiger charge is 2.23. The summed E-state index contributed by atoms with van der Waals surface area (Å²) in [5, 5.41) is 4.92. The number of hydrogen-bond donors (Lipinski definition) is 1. The van der Waals surface area contributed by atoms with Crippen LogP contribution in [0.15, 0.2) is 48.1 Å². The Bertz CT molecular complexity index is 836. The minimum Gasteiger partial charge on any atom is -0.495 e. The molecule has 0 radical (unpaired) electrons. The summed E-state index contributed by atoms with van der Waals surface area (Å²) in [5.74, 6) is 1.19. The Hall–Kier alpha value is -2.60. The van der Waals surface area contributed by atoms with Crippen LogP contribution in [0.1, 0.15) is 32.7 Å². The Labute approximate surface area is 144 Å². The maximum absolute atomic E-state index is 12.7. The zero-order chi connectivity index (χ0) is 17.1. The van der Waals surface area contributed by atoms with E-state index in [1.54, 1.807) is 19.4 Å². The van der Waals surface area contributed by atoms with Gasteiger partial charge in [0.1, 0.15) is 22.5 Å². The second kappa shape index (κ2) is 6.88. The Morgan fingerprint density at radius 1 is 1.29 bits per heavy atom. The highest BCUT2D eigenvalue weighted by atomic mass is 32.1. The molecule has 5 nitrogen and oxygen atoms in total. The molecule has 1 amide bonds. The average molecular weight is 341 g/mol. The first-order chi connectivity index (χ1) is 11.6. The normalized spacial score (nSPS) is 12.0. The maximum atomic E-state index is 12.7. The molecule has 0 aliphatic carbocycles. The molecule has 0 aliphatic rings. The van der Waals surface area contributed by atoms with Gasteiger partial charge in [-0.25, -0.2) is 4.98 Å². The lowest BCUT2D eigenvalue weighted by molar-refractivity contribution is 0.0942. The lowest BCUT2D eigenvalue weighted by Gasteiger charge is -2.19. The van der Waals surface area contributed by atoms with Gasteiger partial charge < -0.3 is 14.6 Å². The van der Waals surface area contributed by atoms with Crippen LogP contribution in [0.2, 0.25) is 0 Å². The van der Waals surface area contributed by atoms with Gasteiger partial charge in [-0.1, -0.05) is 29.8 Å². The molecule has 2 heterocycles. The summed E-state index contributed by atoms with van der Waals surface area (Å²) in [5.41, 5.74) is 2.15. The van der Waals surface area contributed by atoms with Crippen LogP contribution in [0.4, 0.5) is 0 Å². The number of thiophene rings is 1. The number of aromatic nitrogens is 2. The Morgan fingerprint density at radius 2 is 2.04 bits per heavy atom. The van der Waals surface area contributed by atoms with E-state index in [2.05, 4.69) is 10.3 Å². The summed E-state index contributed by atoms with van der Waals surface area (Å²) in [6.45, 7) is 2.04. The predicted molar refractivity (Wildman–Crippen MR) is 94.6 cm³/mol. The molecule has 0 aliphatic heterocycles. The third-order valence-corrected chi connectivity index (χ3v) is 4.75. The summed E-state index contributed by atoms with van der Waals surface area (Å²) < 4.78 is 7.17. The minimum atomic E-state index is -0.329. The van der Waals surface area contributed by atoms with E-state index in [0.29, 0.717) is 10.6 Å². The molecule has 1 atom stereocenters. The first-order valence-electron chi connectivity index (χ1n) is 7.56. The number of carbonyl (C=O) groups excluding carboxylic acids is 1. The molecule has 1 N–H and O–H groups in total. The van der Waals surface area contributed by atoms with Crippen molar-refractivity contribution in [2.75, 3.05) is 7.11 Å². The van der Waals surface area contributed by atoms with Gasteiger partial charge in [0.25, 0.3) is 5.91 Å². The van der Waals surface area contributed by atoms with E-state index in [0.717, 1.165) is 11.4 Å². The van der Waals surface area contributed by atoms with Crippen LogP contribution in [-0.2, 0) is 7.05 Å². The van der Waals surface area contributed by atoms with Crippen LogP contribution in [0.5, 0.6) is 5.75 Å². The van der Waals surface area contributed by atoms with E-state index in [-0.39, 0.29) is 11.9 Å². The van der Waals surface area contributed by atoms with Crippen LogP contribution >= 0.6 is 11.3 Å². The first kappa shape index (κ1) is 16.3. The summed E-state index contributed by atoms with van der Waals surface area (Å²) in [6.07, 6.45) is 3.60. The van der Waals surface area contributed by atoms with Gasteiger partial charge in [-0.3, -0.25) is 4.79 Å². The lowest BCUT2D eigenvalue weighted by atomic mass is 10.0. The second-order valence-electron chi connectivity index (χ2n) is 5.53. The standard InChI is InChI=1S/C18H19N3O2S/c1-12-4-6-13(7-5-12)15(17-19-9-10-21(17)2)20-18(22)16-14(23-3)8-11-24-16/h4-11,15H,1-3H3,(H,20,22). The number of hydrogen-bond acceptors (Lipinski definition) is 4. The molecule has 3 rings (SSSR count). The van der Waals surface area contributed by atoms with E-state index >= 15 is 0 Å². The van der Waals surface area contributed by atoms with Crippen molar-refractivity contribution in [1.82, 2.24) is 14.9 Å². The van der Waals surface area contributed by atoms with Crippen molar-refractivity contribution in [1.29, 1.82) is 0 Å². The SMILES string of the molecule is COc1ccsc1C(=O)NC(c1ccc(C)cc1)c1nccn1C. The fraction of sp³-hybridized carbons (Fsp3) is 0.222. The molecule has 0 saturated carbocycles. The lowest BCUT2D eigenvalue weighted by Crippen LogP contribution is -2.30. The first-order valence-corrected chi connectivity index (χ1v) is 8.44. The van der Waals surface area contributed by atoms with Gasteiger partial charge in [0, 0.05) is 19.4 Å². The molecule has 0 bridgehead atoms. The zero-order valence-electron chi connectivity index (χ0n) is 13.8. The van der Waals surface area contributed by atoms with Gasteiger partial charge >= 0.3 is 0 Å². The van der Waals surface area contributed by atoms with Crippen LogP contribution in [0, 0.1) is 6.92 Å². The summed E-state index contributed by atoms with van der Waals surface area (Å²) in [7, 11) is 3.48. The number of rotatable bonds is 5. The zero-order valence-corrected chi connectivity index (χ0v) is 14.6. The number of ether oxygens (including phenoxy) is 1. The van der Waals surface area contributed by atoms with E-state index in [9.17, 15) is 4.79 Å². The highest BCUT2D eigenvalue weighted by molar-refractivity contribution is 7.12. The quantitative estimate of drug-likeness (QED) is 0.774. The van der Waals surface area contributed by atoms with Crippen molar-refractivity contribution in [3.8, 4) is 5.75 Å². The maximum Gasteiger partial charge on any atom is 0.266 e. The summed E-state index contributed by atoms with van der Waals surface area (Å²) >= 11 is 1.36. The molecular formula is C18H19N3O2S. The number of nitrogens with zero attached hydrogens (tertiary/aromatic N) is 2. The fourth-order valence-corrected chi connectivity index (χ4v) is 3.29. The molecule has 24 heavy (non-hydrogen) atoms. The Balaban J connectivity index is 1.95. The Kier molecular flexibility index (Phi) is 4.66. The van der Waals surface area contributed by atoms with E-state index < -0.39 is 0 Å². The van der Waals surface area contributed by atoms with Gasteiger partial charge in [0.05, 0.1) is 7.11 Å². The van der Waals surface area contributed by atoms with Crippen molar-refractivity contribution < 1.29 is 9.53 Å². The van der Waals surface area contributed by atoms with Crippen LogP contribution in [0.3, 0.4) is 0 Å². The molecule has 0 saturated heterocycles.